The molecule has 0 amide bonds. The maximum Gasteiger partial charge on any atom is 0.221 e. The average Bonchev–Trinajstić information content (AvgIpc) is 3.06. The van der Waals surface area contributed by atoms with Crippen LogP contribution in [0.4, 0.5) is 11.8 Å². The minimum atomic E-state index is -1.24. The van der Waals surface area contributed by atoms with E-state index in [1.54, 1.807) is 0 Å². The molecule has 3 rings (SSSR count). The third-order valence-corrected chi connectivity index (χ3v) is 3.40. The molecule has 2 aromatic heterocycles. The molecule has 7 N–H and O–H groups in total. The van der Waals surface area contributed by atoms with Crippen molar-refractivity contribution in [2.45, 2.75) is 24.5 Å². The third kappa shape index (κ3) is 2.35. The molecule has 0 unspecified atom stereocenters. The van der Waals surface area contributed by atoms with E-state index in [9.17, 15) is 10.2 Å². The Hall–Kier alpha value is -2.34. The summed E-state index contributed by atoms with van der Waals surface area (Å²) in [5, 5.41) is 36.5. The van der Waals surface area contributed by atoms with Crippen molar-refractivity contribution in [3.63, 3.8) is 0 Å². The van der Waals surface area contributed by atoms with Crippen LogP contribution in [0.2, 0.25) is 0 Å². The van der Waals surface area contributed by atoms with Crippen LogP contribution < -0.4 is 11.5 Å². The van der Waals surface area contributed by atoms with Crippen LogP contribution in [0.15, 0.2) is 12.4 Å². The van der Waals surface area contributed by atoms with Crippen molar-refractivity contribution in [1.82, 2.24) is 25.0 Å². The van der Waals surface area contributed by atoms with E-state index in [-0.39, 0.29) is 11.8 Å². The van der Waals surface area contributed by atoms with Crippen molar-refractivity contribution >= 4 is 11.8 Å². The zero-order valence-corrected chi connectivity index (χ0v) is 11.3. The highest BCUT2D eigenvalue weighted by atomic mass is 16.6. The van der Waals surface area contributed by atoms with E-state index in [1.807, 2.05) is 0 Å². The second-order valence-electron chi connectivity index (χ2n) is 4.84. The van der Waals surface area contributed by atoms with Crippen LogP contribution in [-0.2, 0) is 4.74 Å². The lowest BCUT2D eigenvalue weighted by atomic mass is 10.1. The number of hydrogen-bond acceptors (Lipinski definition) is 10. The fraction of sp³-hybridized carbons (Fsp3) is 0.455. The number of aliphatic hydroxyl groups excluding tert-OH is 3. The fourth-order valence-corrected chi connectivity index (χ4v) is 2.23. The number of anilines is 2. The molecule has 4 atom stereocenters. The molecule has 0 aromatic carbocycles. The molecule has 3 heterocycles. The number of aromatic nitrogens is 5. The molecule has 11 nitrogen and oxygen atoms in total. The molecule has 0 saturated carbocycles. The van der Waals surface area contributed by atoms with Gasteiger partial charge in [0.2, 0.25) is 5.95 Å². The summed E-state index contributed by atoms with van der Waals surface area (Å²) in [6.07, 6.45) is -1.45. The number of nitrogens with two attached hydrogens (primary N) is 2. The summed E-state index contributed by atoms with van der Waals surface area (Å²) in [4.78, 5) is 7.65. The molecule has 1 saturated heterocycles. The van der Waals surface area contributed by atoms with Crippen molar-refractivity contribution in [3.8, 4) is 11.3 Å². The van der Waals surface area contributed by atoms with E-state index >= 15 is 0 Å². The van der Waals surface area contributed by atoms with Crippen LogP contribution in [0, 0.1) is 0 Å². The van der Waals surface area contributed by atoms with Gasteiger partial charge >= 0.3 is 0 Å². The average molecular weight is 309 g/mol. The third-order valence-electron chi connectivity index (χ3n) is 3.40. The molecule has 11 heteroatoms. The molecule has 22 heavy (non-hydrogen) atoms. The standard InChI is InChI=1S/C11H15N7O4/c12-9-4(1-14-11(13)15-9)5-2-18(17-16-5)10-8(21)7(20)6(3-19)22-10/h1-2,6-8,10,19-21H,3H2,(H4,12,13,14,15)/t6-,7-,8-,10-/m1/s1. The Morgan fingerprint density at radius 3 is 2.68 bits per heavy atom. The normalized spacial score (nSPS) is 28.1. The summed E-state index contributed by atoms with van der Waals surface area (Å²) < 4.78 is 6.58. The van der Waals surface area contributed by atoms with Crippen molar-refractivity contribution in [2.24, 2.45) is 0 Å². The zero-order chi connectivity index (χ0) is 15.9. The molecular formula is C11H15N7O4. The minimum absolute atomic E-state index is 0.0390. The van der Waals surface area contributed by atoms with E-state index in [1.165, 1.54) is 17.1 Å². The van der Waals surface area contributed by atoms with Crippen LogP contribution in [-0.4, -0.2) is 65.2 Å². The van der Waals surface area contributed by atoms with Gasteiger partial charge in [0.1, 0.15) is 29.8 Å². The highest BCUT2D eigenvalue weighted by Crippen LogP contribution is 2.30. The Morgan fingerprint density at radius 2 is 2.05 bits per heavy atom. The molecule has 2 aromatic rings. The van der Waals surface area contributed by atoms with E-state index in [4.69, 9.17) is 21.3 Å². The molecular weight excluding hydrogens is 294 g/mol. The summed E-state index contributed by atoms with van der Waals surface area (Å²) in [6.45, 7) is -0.422. The Bertz CT molecular complexity index is 678. The van der Waals surface area contributed by atoms with Gasteiger partial charge in [-0.25, -0.2) is 9.67 Å². The second-order valence-corrected chi connectivity index (χ2v) is 4.84. The SMILES string of the molecule is Nc1ncc(-c2cn([C@@H]3O[C@H](CO)[C@@H](O)[C@H]3O)nn2)c(N)n1. The minimum Gasteiger partial charge on any atom is -0.394 e. The number of nitrogens with zero attached hydrogens (tertiary/aromatic N) is 5. The van der Waals surface area contributed by atoms with Gasteiger partial charge in [0.05, 0.1) is 18.4 Å². The molecule has 1 aliphatic rings. The van der Waals surface area contributed by atoms with E-state index in [0.717, 1.165) is 0 Å². The Labute approximate surface area is 124 Å². The maximum atomic E-state index is 9.94. The summed E-state index contributed by atoms with van der Waals surface area (Å²) in [5.74, 6) is 0.179. The van der Waals surface area contributed by atoms with Gasteiger partial charge < -0.3 is 31.5 Å². The lowest BCUT2D eigenvalue weighted by Gasteiger charge is -2.13. The van der Waals surface area contributed by atoms with E-state index in [0.29, 0.717) is 11.3 Å². The fourth-order valence-electron chi connectivity index (χ4n) is 2.23. The molecule has 118 valence electrons. The van der Waals surface area contributed by atoms with E-state index < -0.39 is 31.1 Å². The lowest BCUT2D eigenvalue weighted by molar-refractivity contribution is -0.0593. The van der Waals surface area contributed by atoms with Gasteiger partial charge in [0, 0.05) is 6.20 Å². The van der Waals surface area contributed by atoms with Gasteiger partial charge in [-0.2, -0.15) is 4.98 Å². The number of hydrogen-bond donors (Lipinski definition) is 5. The first-order valence-electron chi connectivity index (χ1n) is 6.44. The van der Waals surface area contributed by atoms with Crippen molar-refractivity contribution in [3.05, 3.63) is 12.4 Å². The van der Waals surface area contributed by atoms with E-state index in [2.05, 4.69) is 20.3 Å². The number of ether oxygens (including phenoxy) is 1. The van der Waals surface area contributed by atoms with Crippen LogP contribution in [0.3, 0.4) is 0 Å². The van der Waals surface area contributed by atoms with Crippen LogP contribution >= 0.6 is 0 Å². The van der Waals surface area contributed by atoms with Gasteiger partial charge in [-0.1, -0.05) is 5.21 Å². The van der Waals surface area contributed by atoms with Gasteiger partial charge in [-0.3, -0.25) is 0 Å². The molecule has 0 radical (unpaired) electrons. The summed E-state index contributed by atoms with van der Waals surface area (Å²) in [6, 6.07) is 0. The van der Waals surface area contributed by atoms with Gasteiger partial charge in [0.15, 0.2) is 6.23 Å². The van der Waals surface area contributed by atoms with Gasteiger partial charge in [-0.05, 0) is 0 Å². The first kappa shape index (κ1) is 14.6. The predicted molar refractivity (Wildman–Crippen MR) is 72.9 cm³/mol. The largest absolute Gasteiger partial charge is 0.394 e. The first-order valence-corrected chi connectivity index (χ1v) is 6.44. The van der Waals surface area contributed by atoms with Crippen molar-refractivity contribution < 1.29 is 20.1 Å². The molecule has 1 aliphatic heterocycles. The Balaban J connectivity index is 1.88. The second kappa shape index (κ2) is 5.46. The monoisotopic (exact) mass is 309 g/mol. The Kier molecular flexibility index (Phi) is 3.62. The summed E-state index contributed by atoms with van der Waals surface area (Å²) in [7, 11) is 0. The highest BCUT2D eigenvalue weighted by molar-refractivity contribution is 5.69. The van der Waals surface area contributed by atoms with Gasteiger partial charge in [-0.15, -0.1) is 5.10 Å². The maximum absolute atomic E-state index is 9.94. The number of nitrogen functional groups attached to an aromatic ring is 2. The highest BCUT2D eigenvalue weighted by Gasteiger charge is 2.44. The molecule has 0 bridgehead atoms. The zero-order valence-electron chi connectivity index (χ0n) is 11.3. The predicted octanol–water partition coefficient (Wildman–Crippen LogP) is -2.49. The number of aliphatic hydroxyl groups is 3. The lowest BCUT2D eigenvalue weighted by Crippen LogP contribution is -2.33. The van der Waals surface area contributed by atoms with Crippen LogP contribution in [0.5, 0.6) is 0 Å². The molecule has 0 spiro atoms. The van der Waals surface area contributed by atoms with Crippen LogP contribution in [0.1, 0.15) is 6.23 Å². The molecule has 1 fully saturated rings. The van der Waals surface area contributed by atoms with Gasteiger partial charge in [0.25, 0.3) is 0 Å². The van der Waals surface area contributed by atoms with Crippen molar-refractivity contribution in [2.75, 3.05) is 18.1 Å². The summed E-state index contributed by atoms with van der Waals surface area (Å²) in [5.41, 5.74) is 12.0. The Morgan fingerprint density at radius 1 is 1.27 bits per heavy atom. The number of rotatable bonds is 3. The topological polar surface area (TPSA) is 178 Å². The quantitative estimate of drug-likeness (QED) is 0.407. The first-order chi connectivity index (χ1) is 10.5. The van der Waals surface area contributed by atoms with Crippen molar-refractivity contribution in [1.29, 1.82) is 0 Å². The smallest absolute Gasteiger partial charge is 0.221 e. The summed E-state index contributed by atoms with van der Waals surface area (Å²) >= 11 is 0. The van der Waals surface area contributed by atoms with Crippen LogP contribution in [0.25, 0.3) is 11.3 Å². The molecule has 0 aliphatic carbocycles.